The molecule has 20 heavy (non-hydrogen) atoms. The van der Waals surface area contributed by atoms with Crippen molar-refractivity contribution in [2.75, 3.05) is 6.54 Å². The molecule has 1 N–H and O–H groups in total. The number of carbonyl (C=O) groups excluding carboxylic acids is 1. The minimum absolute atomic E-state index is 0.0634. The van der Waals surface area contributed by atoms with Gasteiger partial charge in [0.15, 0.2) is 0 Å². The number of unbranched alkanes of at least 4 members (excludes halogenated alkanes) is 2. The first-order valence-corrected chi connectivity index (χ1v) is 8.32. The van der Waals surface area contributed by atoms with Crippen molar-refractivity contribution in [3.8, 4) is 0 Å². The van der Waals surface area contributed by atoms with E-state index in [2.05, 4.69) is 12.2 Å². The Balaban J connectivity index is 1.96. The fourth-order valence-electron chi connectivity index (χ4n) is 2.89. The van der Waals surface area contributed by atoms with Crippen LogP contribution in [-0.4, -0.2) is 24.2 Å². The monoisotopic (exact) mass is 283 g/mol. The number of nitrogens with one attached hydrogen (secondary N) is 1. The van der Waals surface area contributed by atoms with E-state index in [0.29, 0.717) is 6.42 Å². The van der Waals surface area contributed by atoms with Crippen LogP contribution in [0.3, 0.4) is 0 Å². The number of esters is 1. The first-order chi connectivity index (χ1) is 9.37. The van der Waals surface area contributed by atoms with Gasteiger partial charge in [0.25, 0.3) is 0 Å². The average molecular weight is 283 g/mol. The van der Waals surface area contributed by atoms with E-state index in [1.54, 1.807) is 0 Å². The van der Waals surface area contributed by atoms with E-state index < -0.39 is 0 Å². The van der Waals surface area contributed by atoms with Gasteiger partial charge in [-0.2, -0.15) is 0 Å². The van der Waals surface area contributed by atoms with Crippen molar-refractivity contribution >= 4 is 5.97 Å². The first-order valence-electron chi connectivity index (χ1n) is 8.32. The lowest BCUT2D eigenvalue weighted by Crippen LogP contribution is -2.34. The molecule has 1 fully saturated rings. The topological polar surface area (TPSA) is 38.3 Å². The Kier molecular flexibility index (Phi) is 7.57. The van der Waals surface area contributed by atoms with Crippen LogP contribution in [0.25, 0.3) is 0 Å². The zero-order valence-electron chi connectivity index (χ0n) is 13.8. The molecule has 3 heteroatoms. The van der Waals surface area contributed by atoms with Crippen LogP contribution in [0.2, 0.25) is 0 Å². The highest BCUT2D eigenvalue weighted by Crippen LogP contribution is 2.23. The number of rotatable bonds is 7. The van der Waals surface area contributed by atoms with Gasteiger partial charge in [0, 0.05) is 12.5 Å². The Morgan fingerprint density at radius 1 is 1.20 bits per heavy atom. The summed E-state index contributed by atoms with van der Waals surface area (Å²) in [5.41, 5.74) is -0.351. The van der Waals surface area contributed by atoms with Gasteiger partial charge in [-0.15, -0.1) is 0 Å². The lowest BCUT2D eigenvalue weighted by atomic mass is 9.87. The maximum Gasteiger partial charge on any atom is 0.306 e. The van der Waals surface area contributed by atoms with Gasteiger partial charge in [-0.3, -0.25) is 4.79 Å². The van der Waals surface area contributed by atoms with Gasteiger partial charge in [-0.25, -0.2) is 0 Å². The fourth-order valence-corrected chi connectivity index (χ4v) is 2.89. The molecule has 0 radical (unpaired) electrons. The van der Waals surface area contributed by atoms with Crippen molar-refractivity contribution < 1.29 is 9.53 Å². The summed E-state index contributed by atoms with van der Waals surface area (Å²) in [6.45, 7) is 9.19. The fraction of sp³-hybridized carbons (Fsp3) is 0.941. The van der Waals surface area contributed by atoms with Crippen LogP contribution >= 0.6 is 0 Å². The number of ether oxygens (including phenoxy) is 1. The Labute approximate surface area is 124 Å². The number of hydrogen-bond donors (Lipinski definition) is 1. The lowest BCUT2D eigenvalue weighted by Gasteiger charge is -2.27. The highest BCUT2D eigenvalue weighted by molar-refractivity contribution is 5.69. The Bertz CT molecular complexity index is 283. The summed E-state index contributed by atoms with van der Waals surface area (Å²) in [6, 6.07) is 0.726. The van der Waals surface area contributed by atoms with E-state index in [-0.39, 0.29) is 11.6 Å². The van der Waals surface area contributed by atoms with Gasteiger partial charge in [0.2, 0.25) is 0 Å². The highest BCUT2D eigenvalue weighted by atomic mass is 16.6. The molecule has 2 unspecified atom stereocenters. The Morgan fingerprint density at radius 3 is 2.60 bits per heavy atom. The van der Waals surface area contributed by atoms with E-state index >= 15 is 0 Å². The molecule has 0 aliphatic heterocycles. The second-order valence-electron chi connectivity index (χ2n) is 7.32. The summed E-state index contributed by atoms with van der Waals surface area (Å²) < 4.78 is 5.30. The van der Waals surface area contributed by atoms with Gasteiger partial charge in [0.05, 0.1) is 0 Å². The van der Waals surface area contributed by atoms with Crippen molar-refractivity contribution in [1.82, 2.24) is 5.32 Å². The summed E-state index contributed by atoms with van der Waals surface area (Å²) >= 11 is 0. The SMILES string of the molecule is CC1CCCC(NCCCCCC(=O)OC(C)(C)C)C1. The molecule has 1 aliphatic rings. The molecule has 0 bridgehead atoms. The normalized spacial score (nSPS) is 23.6. The van der Waals surface area contributed by atoms with Crippen LogP contribution in [0.5, 0.6) is 0 Å². The number of carbonyl (C=O) groups is 1. The summed E-state index contributed by atoms with van der Waals surface area (Å²) in [5.74, 6) is 0.819. The molecule has 0 aromatic heterocycles. The molecule has 2 atom stereocenters. The molecule has 0 aromatic rings. The molecule has 3 nitrogen and oxygen atoms in total. The van der Waals surface area contributed by atoms with Gasteiger partial charge in [-0.1, -0.05) is 26.2 Å². The quantitative estimate of drug-likeness (QED) is 0.565. The van der Waals surface area contributed by atoms with Crippen LogP contribution < -0.4 is 5.32 Å². The Hall–Kier alpha value is -0.570. The van der Waals surface area contributed by atoms with E-state index in [1.165, 1.54) is 25.7 Å². The molecule has 0 aromatic carbocycles. The first kappa shape index (κ1) is 17.5. The summed E-state index contributed by atoms with van der Waals surface area (Å²) in [6.07, 6.45) is 9.20. The third-order valence-corrected chi connectivity index (χ3v) is 3.85. The summed E-state index contributed by atoms with van der Waals surface area (Å²) in [5, 5.41) is 3.66. The zero-order valence-corrected chi connectivity index (χ0v) is 13.8. The standard InChI is InChI=1S/C17H33NO2/c1-14-9-8-10-15(13-14)18-12-7-5-6-11-16(19)20-17(2,3)4/h14-15,18H,5-13H2,1-4H3. The molecule has 1 rings (SSSR count). The summed E-state index contributed by atoms with van der Waals surface area (Å²) in [4.78, 5) is 11.5. The molecule has 0 saturated heterocycles. The third kappa shape index (κ3) is 8.57. The minimum Gasteiger partial charge on any atom is -0.460 e. The molecule has 1 aliphatic carbocycles. The van der Waals surface area contributed by atoms with Crippen molar-refractivity contribution in [1.29, 1.82) is 0 Å². The highest BCUT2D eigenvalue weighted by Gasteiger charge is 2.18. The maximum absolute atomic E-state index is 11.5. The van der Waals surface area contributed by atoms with Gasteiger partial charge in [0.1, 0.15) is 5.60 Å². The van der Waals surface area contributed by atoms with Crippen LogP contribution in [0.1, 0.15) is 79.1 Å². The maximum atomic E-state index is 11.5. The van der Waals surface area contributed by atoms with Crippen LogP contribution in [0.4, 0.5) is 0 Å². The minimum atomic E-state index is -0.351. The van der Waals surface area contributed by atoms with E-state index in [0.717, 1.165) is 37.8 Å². The van der Waals surface area contributed by atoms with Gasteiger partial charge >= 0.3 is 5.97 Å². The molecule has 118 valence electrons. The lowest BCUT2D eigenvalue weighted by molar-refractivity contribution is -0.154. The molecule has 0 heterocycles. The van der Waals surface area contributed by atoms with Crippen LogP contribution in [0.15, 0.2) is 0 Å². The zero-order chi connectivity index (χ0) is 15.0. The van der Waals surface area contributed by atoms with Crippen LogP contribution in [-0.2, 0) is 9.53 Å². The van der Waals surface area contributed by atoms with Gasteiger partial charge in [-0.05, 0) is 58.9 Å². The number of hydrogen-bond acceptors (Lipinski definition) is 3. The van der Waals surface area contributed by atoms with Crippen molar-refractivity contribution in [2.45, 2.75) is 90.7 Å². The largest absolute Gasteiger partial charge is 0.460 e. The summed E-state index contributed by atoms with van der Waals surface area (Å²) in [7, 11) is 0. The van der Waals surface area contributed by atoms with E-state index in [4.69, 9.17) is 4.74 Å². The predicted molar refractivity (Wildman–Crippen MR) is 83.7 cm³/mol. The van der Waals surface area contributed by atoms with E-state index in [1.807, 2.05) is 20.8 Å². The second-order valence-corrected chi connectivity index (χ2v) is 7.32. The molecule has 0 amide bonds. The molecule has 1 saturated carbocycles. The van der Waals surface area contributed by atoms with Crippen molar-refractivity contribution in [2.24, 2.45) is 5.92 Å². The second kappa shape index (κ2) is 8.66. The third-order valence-electron chi connectivity index (χ3n) is 3.85. The molecular formula is C17H33NO2. The van der Waals surface area contributed by atoms with Gasteiger partial charge < -0.3 is 10.1 Å². The average Bonchev–Trinajstić information content (AvgIpc) is 2.31. The van der Waals surface area contributed by atoms with Crippen molar-refractivity contribution in [3.63, 3.8) is 0 Å². The van der Waals surface area contributed by atoms with Crippen LogP contribution in [0, 0.1) is 5.92 Å². The Morgan fingerprint density at radius 2 is 1.95 bits per heavy atom. The predicted octanol–water partition coefficient (Wildman–Crippen LogP) is 4.06. The smallest absolute Gasteiger partial charge is 0.306 e. The molecular weight excluding hydrogens is 250 g/mol. The van der Waals surface area contributed by atoms with E-state index in [9.17, 15) is 4.79 Å². The van der Waals surface area contributed by atoms with Crippen molar-refractivity contribution in [3.05, 3.63) is 0 Å². The molecule has 0 spiro atoms.